The van der Waals surface area contributed by atoms with Crippen LogP contribution in [0.5, 0.6) is 0 Å². The molecule has 0 atom stereocenters. The third-order valence-corrected chi connectivity index (χ3v) is 7.66. The van der Waals surface area contributed by atoms with Crippen molar-refractivity contribution >= 4 is 51.6 Å². The summed E-state index contributed by atoms with van der Waals surface area (Å²) in [6, 6.07) is 18.6. The molecule has 10 N–H and O–H groups in total. The van der Waals surface area contributed by atoms with Gasteiger partial charge in [0.2, 0.25) is 0 Å². The van der Waals surface area contributed by atoms with Gasteiger partial charge in [0, 0.05) is 52.4 Å². The Morgan fingerprint density at radius 1 is 0.545 bits per heavy atom. The summed E-state index contributed by atoms with van der Waals surface area (Å²) in [5.41, 5.74) is 28.3. The summed E-state index contributed by atoms with van der Waals surface area (Å²) in [5, 5.41) is 6.35. The first-order chi connectivity index (χ1) is 21.2. The molecule has 0 amide bonds. The third kappa shape index (κ3) is 5.16. The number of fused-ring (bicyclic) bond motifs is 4. The van der Waals surface area contributed by atoms with Gasteiger partial charge in [-0.2, -0.15) is 0 Å². The zero-order chi connectivity index (χ0) is 31.5. The molecular formula is C34H34N6O4. The molecule has 2 aliphatic rings. The van der Waals surface area contributed by atoms with Crippen LogP contribution in [-0.2, 0) is 0 Å². The van der Waals surface area contributed by atoms with E-state index in [9.17, 15) is 19.2 Å². The number of nitrogens with one attached hydrogen (secondary N) is 2. The Hall–Kier alpha value is -5.48. The number of ketones is 4. The molecule has 4 aromatic rings. The molecule has 2 aliphatic carbocycles. The van der Waals surface area contributed by atoms with Crippen LogP contribution >= 0.6 is 0 Å². The summed E-state index contributed by atoms with van der Waals surface area (Å²) in [6.07, 6.45) is 1.71. The maximum Gasteiger partial charge on any atom is 0.198 e. The average Bonchev–Trinajstić information content (AvgIpc) is 3.03. The van der Waals surface area contributed by atoms with Crippen LogP contribution < -0.4 is 33.6 Å². The average molecular weight is 591 g/mol. The third-order valence-electron chi connectivity index (χ3n) is 7.66. The van der Waals surface area contributed by atoms with Crippen molar-refractivity contribution in [3.63, 3.8) is 0 Å². The van der Waals surface area contributed by atoms with Gasteiger partial charge in [0.15, 0.2) is 23.1 Å². The van der Waals surface area contributed by atoms with Gasteiger partial charge < -0.3 is 33.6 Å². The van der Waals surface area contributed by atoms with Crippen molar-refractivity contribution < 1.29 is 19.2 Å². The molecule has 6 rings (SSSR count). The molecule has 0 fully saturated rings. The van der Waals surface area contributed by atoms with Gasteiger partial charge in [-0.05, 0) is 49.7 Å². The highest BCUT2D eigenvalue weighted by Gasteiger charge is 2.35. The SMILES string of the molecule is CCCNc1ccc2c(c1N)C(=O)c1ccccc1C2=O.NCCCNc1cccc2c1C(=O)c1c(N)ccc(N)c1C2=O. The van der Waals surface area contributed by atoms with E-state index in [0.717, 1.165) is 19.4 Å². The molecule has 0 unspecified atom stereocenters. The fourth-order valence-electron chi connectivity index (χ4n) is 5.47. The normalized spacial score (nSPS) is 12.8. The Morgan fingerprint density at radius 2 is 1.11 bits per heavy atom. The molecule has 10 heteroatoms. The van der Waals surface area contributed by atoms with E-state index < -0.39 is 0 Å². The zero-order valence-corrected chi connectivity index (χ0v) is 24.3. The van der Waals surface area contributed by atoms with E-state index in [0.29, 0.717) is 63.5 Å². The number of hydrogen-bond donors (Lipinski definition) is 6. The second-order valence-corrected chi connectivity index (χ2v) is 10.5. The molecule has 224 valence electrons. The zero-order valence-electron chi connectivity index (χ0n) is 24.3. The summed E-state index contributed by atoms with van der Waals surface area (Å²) in [7, 11) is 0. The Bertz CT molecular complexity index is 1830. The van der Waals surface area contributed by atoms with Crippen molar-refractivity contribution in [1.82, 2.24) is 0 Å². The first-order valence-electron chi connectivity index (χ1n) is 14.4. The van der Waals surface area contributed by atoms with Crippen LogP contribution in [0.25, 0.3) is 0 Å². The van der Waals surface area contributed by atoms with Crippen molar-refractivity contribution in [2.45, 2.75) is 19.8 Å². The molecule has 0 aliphatic heterocycles. The Morgan fingerprint density at radius 3 is 1.77 bits per heavy atom. The minimum atomic E-state index is -0.282. The molecule has 44 heavy (non-hydrogen) atoms. The van der Waals surface area contributed by atoms with Crippen molar-refractivity contribution in [1.29, 1.82) is 0 Å². The maximum absolute atomic E-state index is 12.9. The fraction of sp³-hybridized carbons (Fsp3) is 0.176. The van der Waals surface area contributed by atoms with Crippen LogP contribution in [-0.4, -0.2) is 42.8 Å². The Labute approximate surface area is 254 Å². The lowest BCUT2D eigenvalue weighted by Crippen LogP contribution is -2.25. The van der Waals surface area contributed by atoms with Crippen LogP contribution in [0, 0.1) is 0 Å². The quantitative estimate of drug-likeness (QED) is 0.115. The molecular weight excluding hydrogens is 556 g/mol. The fourth-order valence-corrected chi connectivity index (χ4v) is 5.47. The van der Waals surface area contributed by atoms with Crippen LogP contribution in [0.2, 0.25) is 0 Å². The van der Waals surface area contributed by atoms with Gasteiger partial charge in [0.05, 0.1) is 33.6 Å². The van der Waals surface area contributed by atoms with E-state index >= 15 is 0 Å². The highest BCUT2D eigenvalue weighted by molar-refractivity contribution is 6.33. The van der Waals surface area contributed by atoms with Gasteiger partial charge in [-0.15, -0.1) is 0 Å². The van der Waals surface area contributed by atoms with E-state index in [-0.39, 0.29) is 45.6 Å². The molecule has 0 radical (unpaired) electrons. The highest BCUT2D eigenvalue weighted by Crippen LogP contribution is 2.37. The molecule has 10 nitrogen and oxygen atoms in total. The summed E-state index contributed by atoms with van der Waals surface area (Å²) in [6.45, 7) is 3.98. The lowest BCUT2D eigenvalue weighted by atomic mass is 9.81. The lowest BCUT2D eigenvalue weighted by Gasteiger charge is -2.23. The number of carbonyl (C=O) groups excluding carboxylic acids is 4. The van der Waals surface area contributed by atoms with Gasteiger partial charge in [-0.3, -0.25) is 19.2 Å². The van der Waals surface area contributed by atoms with Crippen molar-refractivity contribution in [2.24, 2.45) is 5.73 Å². The minimum Gasteiger partial charge on any atom is -0.398 e. The number of rotatable bonds is 7. The van der Waals surface area contributed by atoms with Gasteiger partial charge in [0.1, 0.15) is 0 Å². The smallest absolute Gasteiger partial charge is 0.198 e. The largest absolute Gasteiger partial charge is 0.398 e. The Balaban J connectivity index is 0.000000175. The monoisotopic (exact) mass is 590 g/mol. The number of benzene rings is 4. The van der Waals surface area contributed by atoms with Gasteiger partial charge >= 0.3 is 0 Å². The topological polar surface area (TPSA) is 196 Å². The van der Waals surface area contributed by atoms with E-state index in [4.69, 9.17) is 22.9 Å². The maximum atomic E-state index is 12.9. The van der Waals surface area contributed by atoms with Crippen molar-refractivity contribution in [2.75, 3.05) is 47.5 Å². The predicted octanol–water partition coefficient (Wildman–Crippen LogP) is 4.25. The van der Waals surface area contributed by atoms with Crippen LogP contribution in [0.15, 0.2) is 66.7 Å². The number of anilines is 5. The molecule has 0 heterocycles. The first-order valence-corrected chi connectivity index (χ1v) is 14.4. The van der Waals surface area contributed by atoms with Crippen LogP contribution in [0.4, 0.5) is 28.4 Å². The van der Waals surface area contributed by atoms with Crippen molar-refractivity contribution in [3.8, 4) is 0 Å². The highest BCUT2D eigenvalue weighted by atomic mass is 16.1. The Kier molecular flexibility index (Phi) is 8.45. The second kappa shape index (κ2) is 12.4. The summed E-state index contributed by atoms with van der Waals surface area (Å²) in [5.74, 6) is -0.885. The molecule has 0 spiro atoms. The molecule has 0 saturated heterocycles. The lowest BCUT2D eigenvalue weighted by molar-refractivity contribution is 0.0980. The number of nitrogen functional groups attached to an aromatic ring is 3. The van der Waals surface area contributed by atoms with E-state index in [1.165, 1.54) is 0 Å². The van der Waals surface area contributed by atoms with Gasteiger partial charge in [-0.1, -0.05) is 43.3 Å². The van der Waals surface area contributed by atoms with E-state index in [2.05, 4.69) is 10.6 Å². The van der Waals surface area contributed by atoms with Crippen LogP contribution in [0.1, 0.15) is 83.5 Å². The van der Waals surface area contributed by atoms with Gasteiger partial charge in [0.25, 0.3) is 0 Å². The van der Waals surface area contributed by atoms with Crippen molar-refractivity contribution in [3.05, 3.63) is 111 Å². The number of nitrogens with two attached hydrogens (primary N) is 4. The molecule has 0 aromatic heterocycles. The number of hydrogen-bond acceptors (Lipinski definition) is 10. The first kappa shape index (κ1) is 30.0. The van der Waals surface area contributed by atoms with E-state index in [1.807, 2.05) is 6.92 Å². The van der Waals surface area contributed by atoms with Crippen LogP contribution in [0.3, 0.4) is 0 Å². The standard InChI is InChI=1S/C17H18N4O2.C17H16N2O2/c18-7-2-8-21-12-4-1-3-9-13(12)17(23)15-11(20)6-5-10(19)14(15)16(9)22;1-2-9-19-13-8-7-12-14(15(13)18)17(21)11-6-4-3-5-10(11)16(12)20/h1,3-6,21H,2,7-8,18-20H2;3-8,19H,2,9,18H2,1H3. The summed E-state index contributed by atoms with van der Waals surface area (Å²) < 4.78 is 0. The second-order valence-electron chi connectivity index (χ2n) is 10.5. The molecule has 4 aromatic carbocycles. The summed E-state index contributed by atoms with van der Waals surface area (Å²) >= 11 is 0. The van der Waals surface area contributed by atoms with Gasteiger partial charge in [-0.25, -0.2) is 0 Å². The predicted molar refractivity (Wildman–Crippen MR) is 174 cm³/mol. The molecule has 0 bridgehead atoms. The number of carbonyl (C=O) groups is 4. The molecule has 0 saturated carbocycles. The summed E-state index contributed by atoms with van der Waals surface area (Å²) in [4.78, 5) is 50.8. The van der Waals surface area contributed by atoms with E-state index in [1.54, 1.807) is 66.7 Å². The minimum absolute atomic E-state index is 0.144.